The molecule has 0 aromatic carbocycles. The van der Waals surface area contributed by atoms with Gasteiger partial charge in [-0.15, -0.1) is 0 Å². The van der Waals surface area contributed by atoms with Crippen molar-refractivity contribution in [2.24, 2.45) is 5.92 Å². The van der Waals surface area contributed by atoms with Crippen LogP contribution in [-0.2, 0) is 0 Å². The van der Waals surface area contributed by atoms with Crippen LogP contribution in [0.5, 0.6) is 0 Å². The third-order valence-electron chi connectivity index (χ3n) is 4.41. The Morgan fingerprint density at radius 1 is 1.28 bits per heavy atom. The predicted molar refractivity (Wildman–Crippen MR) is 79.9 cm³/mol. The van der Waals surface area contributed by atoms with Gasteiger partial charge in [0.05, 0.1) is 5.69 Å². The second-order valence-corrected chi connectivity index (χ2v) is 12.7. The van der Waals surface area contributed by atoms with Crippen LogP contribution in [0.4, 0.5) is 0 Å². The SMILES string of the molecule is Cc1ccnc2c1C1C=CC2CC1C[Si](C)(C)C. The fourth-order valence-electron chi connectivity index (χ4n) is 3.81. The van der Waals surface area contributed by atoms with Gasteiger partial charge in [0.2, 0.25) is 0 Å². The van der Waals surface area contributed by atoms with Crippen molar-refractivity contribution in [3.63, 3.8) is 0 Å². The topological polar surface area (TPSA) is 12.9 Å². The summed E-state index contributed by atoms with van der Waals surface area (Å²) in [5.41, 5.74) is 4.37. The van der Waals surface area contributed by atoms with E-state index in [9.17, 15) is 0 Å². The van der Waals surface area contributed by atoms with Gasteiger partial charge in [-0.1, -0.05) is 37.8 Å². The van der Waals surface area contributed by atoms with E-state index in [-0.39, 0.29) is 0 Å². The smallest absolute Gasteiger partial charge is 0.0512 e. The minimum Gasteiger partial charge on any atom is -0.260 e. The molecule has 4 rings (SSSR count). The number of aromatic nitrogens is 1. The number of rotatable bonds is 2. The highest BCUT2D eigenvalue weighted by atomic mass is 28.3. The van der Waals surface area contributed by atoms with Crippen LogP contribution in [0.2, 0.25) is 25.7 Å². The molecule has 0 saturated carbocycles. The molecule has 18 heavy (non-hydrogen) atoms. The molecule has 0 saturated heterocycles. The molecule has 1 heterocycles. The van der Waals surface area contributed by atoms with Crippen LogP contribution in [0.15, 0.2) is 24.4 Å². The average Bonchev–Trinajstić information content (AvgIpc) is 2.28. The van der Waals surface area contributed by atoms with Gasteiger partial charge < -0.3 is 0 Å². The maximum atomic E-state index is 4.65. The minimum atomic E-state index is -0.975. The molecule has 0 radical (unpaired) electrons. The fourth-order valence-corrected chi connectivity index (χ4v) is 5.81. The summed E-state index contributed by atoms with van der Waals surface area (Å²) >= 11 is 0. The quantitative estimate of drug-likeness (QED) is 0.562. The second-order valence-electron chi connectivity index (χ2n) is 7.20. The molecular weight excluding hydrogens is 234 g/mol. The maximum Gasteiger partial charge on any atom is 0.0512 e. The predicted octanol–water partition coefficient (Wildman–Crippen LogP) is 4.49. The molecule has 1 aromatic rings. The van der Waals surface area contributed by atoms with Crippen molar-refractivity contribution in [2.75, 3.05) is 0 Å². The molecule has 3 aliphatic carbocycles. The van der Waals surface area contributed by atoms with Crippen molar-refractivity contribution in [2.45, 2.75) is 50.9 Å². The van der Waals surface area contributed by atoms with Crippen LogP contribution in [0.1, 0.15) is 35.1 Å². The summed E-state index contributed by atoms with van der Waals surface area (Å²) < 4.78 is 0. The molecule has 0 spiro atoms. The molecule has 1 aromatic heterocycles. The van der Waals surface area contributed by atoms with Gasteiger partial charge in [0.15, 0.2) is 0 Å². The van der Waals surface area contributed by atoms with Crippen molar-refractivity contribution >= 4 is 8.07 Å². The van der Waals surface area contributed by atoms with E-state index in [0.29, 0.717) is 11.8 Å². The number of hydrogen-bond donors (Lipinski definition) is 0. The molecule has 96 valence electrons. The summed E-state index contributed by atoms with van der Waals surface area (Å²) in [6.45, 7) is 9.74. The van der Waals surface area contributed by atoms with Crippen molar-refractivity contribution in [1.29, 1.82) is 0 Å². The monoisotopic (exact) mass is 257 g/mol. The van der Waals surface area contributed by atoms with Gasteiger partial charge in [-0.05, 0) is 36.5 Å². The van der Waals surface area contributed by atoms with Crippen LogP contribution < -0.4 is 0 Å². The Hall–Kier alpha value is -0.893. The summed E-state index contributed by atoms with van der Waals surface area (Å²) in [4.78, 5) is 4.65. The number of nitrogens with zero attached hydrogens (tertiary/aromatic N) is 1. The summed E-state index contributed by atoms with van der Waals surface area (Å²) in [6, 6.07) is 3.63. The molecular formula is C16H23NSi. The highest BCUT2D eigenvalue weighted by molar-refractivity contribution is 6.76. The number of fused-ring (bicyclic) bond motifs is 1. The second kappa shape index (κ2) is 4.06. The van der Waals surface area contributed by atoms with E-state index in [2.05, 4.69) is 49.8 Å². The first kappa shape index (κ1) is 12.2. The Kier molecular flexibility index (Phi) is 2.74. The first-order chi connectivity index (χ1) is 8.46. The molecule has 2 bridgehead atoms. The van der Waals surface area contributed by atoms with E-state index in [4.69, 9.17) is 0 Å². The third kappa shape index (κ3) is 1.97. The summed E-state index contributed by atoms with van der Waals surface area (Å²) in [5, 5.41) is 0. The van der Waals surface area contributed by atoms with Crippen molar-refractivity contribution in [1.82, 2.24) is 4.98 Å². The molecule has 1 nitrogen and oxygen atoms in total. The summed E-state index contributed by atoms with van der Waals surface area (Å²) in [6.07, 6.45) is 8.18. The normalized spacial score (nSPS) is 29.4. The Morgan fingerprint density at radius 3 is 2.78 bits per heavy atom. The highest BCUT2D eigenvalue weighted by Gasteiger charge is 2.39. The van der Waals surface area contributed by atoms with Crippen molar-refractivity contribution in [3.8, 4) is 0 Å². The third-order valence-corrected chi connectivity index (χ3v) is 6.16. The lowest BCUT2D eigenvalue weighted by Crippen LogP contribution is -2.33. The van der Waals surface area contributed by atoms with E-state index in [1.54, 1.807) is 5.56 Å². The zero-order valence-electron chi connectivity index (χ0n) is 11.9. The van der Waals surface area contributed by atoms with Crippen LogP contribution in [0, 0.1) is 12.8 Å². The molecule has 3 aliphatic rings. The largest absolute Gasteiger partial charge is 0.260 e. The summed E-state index contributed by atoms with van der Waals surface area (Å²) in [7, 11) is -0.975. The standard InChI is InChI=1S/C16H23NSi/c1-11-7-8-17-16-12-5-6-14(15(11)16)13(9-12)10-18(2,3)4/h5-8,12-14H,9-10H2,1-4H3. The highest BCUT2D eigenvalue weighted by Crippen LogP contribution is 2.50. The van der Waals surface area contributed by atoms with E-state index in [0.717, 1.165) is 5.92 Å². The van der Waals surface area contributed by atoms with E-state index >= 15 is 0 Å². The van der Waals surface area contributed by atoms with Crippen LogP contribution in [-0.4, -0.2) is 13.1 Å². The van der Waals surface area contributed by atoms with Crippen LogP contribution in [0.25, 0.3) is 0 Å². The van der Waals surface area contributed by atoms with Crippen LogP contribution in [0.3, 0.4) is 0 Å². The molecule has 0 N–H and O–H groups in total. The fraction of sp³-hybridized carbons (Fsp3) is 0.562. The number of allylic oxidation sites excluding steroid dienone is 2. The molecule has 2 heteroatoms. The molecule has 0 amide bonds. The molecule has 0 fully saturated rings. The van der Waals surface area contributed by atoms with Gasteiger partial charge in [-0.3, -0.25) is 4.98 Å². The number of aryl methyl sites for hydroxylation is 1. The van der Waals surface area contributed by atoms with E-state index < -0.39 is 8.07 Å². The first-order valence-electron chi connectivity index (χ1n) is 7.09. The lowest BCUT2D eigenvalue weighted by molar-refractivity contribution is 0.396. The number of pyridine rings is 1. The Bertz CT molecular complexity index is 498. The molecule has 3 unspecified atom stereocenters. The summed E-state index contributed by atoms with van der Waals surface area (Å²) in [5.74, 6) is 2.10. The first-order valence-corrected chi connectivity index (χ1v) is 10.8. The van der Waals surface area contributed by atoms with Gasteiger partial charge in [0.1, 0.15) is 0 Å². The van der Waals surface area contributed by atoms with Crippen molar-refractivity contribution < 1.29 is 0 Å². The zero-order chi connectivity index (χ0) is 12.9. The van der Waals surface area contributed by atoms with Gasteiger partial charge in [0.25, 0.3) is 0 Å². The lowest BCUT2D eigenvalue weighted by atomic mass is 9.67. The van der Waals surface area contributed by atoms with Gasteiger partial charge in [-0.25, -0.2) is 0 Å². The van der Waals surface area contributed by atoms with Gasteiger partial charge >= 0.3 is 0 Å². The van der Waals surface area contributed by atoms with Crippen molar-refractivity contribution in [3.05, 3.63) is 41.2 Å². The van der Waals surface area contributed by atoms with E-state index in [1.807, 2.05) is 6.20 Å². The molecule has 3 atom stereocenters. The zero-order valence-corrected chi connectivity index (χ0v) is 12.9. The molecule has 0 aliphatic heterocycles. The Labute approximate surface area is 111 Å². The Morgan fingerprint density at radius 2 is 2.06 bits per heavy atom. The van der Waals surface area contributed by atoms with Gasteiger partial charge in [0, 0.05) is 26.1 Å². The Balaban J connectivity index is 1.99. The lowest BCUT2D eigenvalue weighted by Gasteiger charge is -2.42. The number of hydrogen-bond acceptors (Lipinski definition) is 1. The van der Waals surface area contributed by atoms with Gasteiger partial charge in [-0.2, -0.15) is 0 Å². The maximum absolute atomic E-state index is 4.65. The average molecular weight is 257 g/mol. The minimum absolute atomic E-state index is 0.589. The van der Waals surface area contributed by atoms with Crippen LogP contribution >= 0.6 is 0 Å². The van der Waals surface area contributed by atoms with E-state index in [1.165, 1.54) is 23.7 Å².